The van der Waals surface area contributed by atoms with Crippen molar-refractivity contribution in [1.82, 2.24) is 15.0 Å². The Hall–Kier alpha value is -3.14. The van der Waals surface area contributed by atoms with Gasteiger partial charge in [0.1, 0.15) is 11.5 Å². The topological polar surface area (TPSA) is 74.2 Å². The number of amides is 1. The number of piperidine rings is 1. The summed E-state index contributed by atoms with van der Waals surface area (Å²) in [6.45, 7) is 4.06. The molecule has 27 heavy (non-hydrogen) atoms. The van der Waals surface area contributed by atoms with Gasteiger partial charge in [-0.3, -0.25) is 4.79 Å². The number of pyridine rings is 1. The van der Waals surface area contributed by atoms with Crippen molar-refractivity contribution in [3.05, 3.63) is 35.5 Å². The summed E-state index contributed by atoms with van der Waals surface area (Å²) in [5, 5.41) is 2.80. The first-order chi connectivity index (χ1) is 13.0. The van der Waals surface area contributed by atoms with E-state index in [9.17, 15) is 4.79 Å². The maximum atomic E-state index is 12.5. The third-order valence-corrected chi connectivity index (χ3v) is 4.56. The van der Waals surface area contributed by atoms with E-state index in [-0.39, 0.29) is 5.82 Å². The molecule has 2 aromatic heterocycles. The number of rotatable bonds is 4. The van der Waals surface area contributed by atoms with Crippen molar-refractivity contribution < 1.29 is 4.79 Å². The van der Waals surface area contributed by atoms with Gasteiger partial charge in [-0.05, 0) is 43.7 Å². The highest BCUT2D eigenvalue weighted by Gasteiger charge is 2.17. The monoisotopic (exact) mass is 364 g/mol. The zero-order valence-corrected chi connectivity index (χ0v) is 16.0. The fourth-order valence-electron chi connectivity index (χ4n) is 3.18. The van der Waals surface area contributed by atoms with Crippen molar-refractivity contribution in [2.75, 3.05) is 42.3 Å². The smallest absolute Gasteiger partial charge is 0.293 e. The molecule has 0 unspecified atom stereocenters. The Morgan fingerprint density at radius 2 is 1.96 bits per heavy atom. The van der Waals surface area contributed by atoms with Crippen molar-refractivity contribution in [2.45, 2.75) is 26.2 Å². The van der Waals surface area contributed by atoms with Gasteiger partial charge in [-0.25, -0.2) is 15.0 Å². The quantitative estimate of drug-likeness (QED) is 0.840. The fourth-order valence-corrected chi connectivity index (χ4v) is 3.18. The molecule has 0 aliphatic carbocycles. The zero-order valence-electron chi connectivity index (χ0n) is 16.0. The molecule has 0 spiro atoms. The number of anilines is 3. The second-order valence-electron chi connectivity index (χ2n) is 6.83. The molecule has 3 rings (SSSR count). The Kier molecular flexibility index (Phi) is 5.55. The summed E-state index contributed by atoms with van der Waals surface area (Å²) in [4.78, 5) is 29.5. The van der Waals surface area contributed by atoms with E-state index >= 15 is 0 Å². The van der Waals surface area contributed by atoms with Crippen LogP contribution in [0.15, 0.2) is 18.5 Å². The maximum absolute atomic E-state index is 12.5. The molecule has 0 atom stereocenters. The Morgan fingerprint density at radius 3 is 2.59 bits per heavy atom. The van der Waals surface area contributed by atoms with E-state index in [1.165, 1.54) is 19.3 Å². The molecule has 1 saturated heterocycles. The number of terminal acetylenes is 1. The van der Waals surface area contributed by atoms with E-state index < -0.39 is 5.91 Å². The van der Waals surface area contributed by atoms with Gasteiger partial charge in [-0.1, -0.05) is 0 Å². The molecule has 1 fully saturated rings. The minimum atomic E-state index is -0.413. The molecule has 0 bridgehead atoms. The first-order valence-corrected chi connectivity index (χ1v) is 9.03. The van der Waals surface area contributed by atoms with Gasteiger partial charge in [0.2, 0.25) is 5.82 Å². The predicted octanol–water partition coefficient (Wildman–Crippen LogP) is 2.47. The van der Waals surface area contributed by atoms with E-state index in [0.717, 1.165) is 24.5 Å². The van der Waals surface area contributed by atoms with Crippen LogP contribution in [0.2, 0.25) is 0 Å². The molecule has 3 heterocycles. The van der Waals surface area contributed by atoms with Crippen LogP contribution in [0.25, 0.3) is 0 Å². The molecule has 1 aliphatic heterocycles. The van der Waals surface area contributed by atoms with Crippen molar-refractivity contribution in [2.24, 2.45) is 0 Å². The van der Waals surface area contributed by atoms with Gasteiger partial charge in [0, 0.05) is 27.2 Å². The summed E-state index contributed by atoms with van der Waals surface area (Å²) >= 11 is 0. The maximum Gasteiger partial charge on any atom is 0.293 e. The number of hydrogen-bond donors (Lipinski definition) is 1. The molecule has 7 heteroatoms. The number of hydrogen-bond acceptors (Lipinski definition) is 6. The average molecular weight is 364 g/mol. The molecular formula is C20H24N6O. The van der Waals surface area contributed by atoms with Gasteiger partial charge in [0.05, 0.1) is 23.8 Å². The molecule has 7 nitrogen and oxygen atoms in total. The Balaban J connectivity index is 1.76. The predicted molar refractivity (Wildman–Crippen MR) is 107 cm³/mol. The molecule has 140 valence electrons. The van der Waals surface area contributed by atoms with Gasteiger partial charge in [0.25, 0.3) is 5.91 Å². The van der Waals surface area contributed by atoms with Crippen LogP contribution in [0, 0.1) is 19.3 Å². The summed E-state index contributed by atoms with van der Waals surface area (Å²) in [6.07, 6.45) is 12.4. The summed E-state index contributed by atoms with van der Waals surface area (Å²) in [6, 6.07) is 1.92. The third-order valence-electron chi connectivity index (χ3n) is 4.56. The zero-order chi connectivity index (χ0) is 19.4. The number of nitrogens with one attached hydrogen (secondary N) is 1. The van der Waals surface area contributed by atoms with Crippen molar-refractivity contribution in [1.29, 1.82) is 0 Å². The summed E-state index contributed by atoms with van der Waals surface area (Å²) in [5.41, 5.74) is 2.72. The van der Waals surface area contributed by atoms with Crippen molar-refractivity contribution in [3.8, 4) is 12.3 Å². The molecule has 2 aromatic rings. The lowest BCUT2D eigenvalue weighted by Crippen LogP contribution is -2.30. The fraction of sp³-hybridized carbons (Fsp3) is 0.400. The van der Waals surface area contributed by atoms with Crippen LogP contribution < -0.4 is 15.1 Å². The second kappa shape index (κ2) is 8.04. The number of aromatic nitrogens is 3. The number of aryl methyl sites for hydroxylation is 1. The van der Waals surface area contributed by atoms with Crippen LogP contribution in [0.5, 0.6) is 0 Å². The minimum absolute atomic E-state index is 0.0336. The van der Waals surface area contributed by atoms with E-state index in [2.05, 4.69) is 31.1 Å². The van der Waals surface area contributed by atoms with Crippen LogP contribution in [-0.2, 0) is 0 Å². The van der Waals surface area contributed by atoms with Crippen LogP contribution >= 0.6 is 0 Å². The summed E-state index contributed by atoms with van der Waals surface area (Å²) < 4.78 is 0. The Labute approximate surface area is 159 Å². The van der Waals surface area contributed by atoms with Gasteiger partial charge >= 0.3 is 0 Å². The highest BCUT2D eigenvalue weighted by Crippen LogP contribution is 2.24. The molecule has 0 radical (unpaired) electrons. The van der Waals surface area contributed by atoms with Gasteiger partial charge in [-0.15, -0.1) is 6.42 Å². The third kappa shape index (κ3) is 4.17. The summed E-state index contributed by atoms with van der Waals surface area (Å²) in [5.74, 6) is 3.10. The second-order valence-corrected chi connectivity index (χ2v) is 6.83. The molecule has 1 N–H and O–H groups in total. The lowest BCUT2D eigenvalue weighted by molar-refractivity contribution is 0.101. The van der Waals surface area contributed by atoms with Crippen LogP contribution in [0.4, 0.5) is 17.2 Å². The lowest BCUT2D eigenvalue weighted by atomic mass is 10.1. The van der Waals surface area contributed by atoms with E-state index in [1.807, 2.05) is 32.0 Å². The van der Waals surface area contributed by atoms with Gasteiger partial charge in [-0.2, -0.15) is 0 Å². The summed E-state index contributed by atoms with van der Waals surface area (Å²) in [7, 11) is 3.69. The van der Waals surface area contributed by atoms with E-state index in [1.54, 1.807) is 12.4 Å². The average Bonchev–Trinajstić information content (AvgIpc) is 2.68. The van der Waals surface area contributed by atoms with E-state index in [0.29, 0.717) is 17.1 Å². The molecule has 0 aromatic carbocycles. The van der Waals surface area contributed by atoms with Gasteiger partial charge < -0.3 is 15.1 Å². The molecule has 1 aliphatic rings. The van der Waals surface area contributed by atoms with Crippen LogP contribution in [0.3, 0.4) is 0 Å². The first kappa shape index (κ1) is 18.6. The SMILES string of the molecule is C#Cc1nc(C(=O)Nc2cnc(N3CCCCC3)c(C)c2)ncc1N(C)C. The number of carbonyl (C=O) groups excluding carboxylic acids is 1. The number of nitrogens with zero attached hydrogens (tertiary/aromatic N) is 5. The Bertz CT molecular complexity index is 881. The van der Waals surface area contributed by atoms with E-state index in [4.69, 9.17) is 6.42 Å². The van der Waals surface area contributed by atoms with Crippen LogP contribution in [-0.4, -0.2) is 48.0 Å². The number of carbonyl (C=O) groups is 1. The molecule has 1 amide bonds. The van der Waals surface area contributed by atoms with Crippen LogP contribution in [0.1, 0.15) is 41.1 Å². The Morgan fingerprint density at radius 1 is 1.22 bits per heavy atom. The normalized spacial score (nSPS) is 13.8. The minimum Gasteiger partial charge on any atom is -0.374 e. The molecule has 0 saturated carbocycles. The molecular weight excluding hydrogens is 340 g/mol. The lowest BCUT2D eigenvalue weighted by Gasteiger charge is -2.29. The van der Waals surface area contributed by atoms with Crippen molar-refractivity contribution in [3.63, 3.8) is 0 Å². The highest BCUT2D eigenvalue weighted by molar-refractivity contribution is 6.01. The standard InChI is InChI=1S/C20H24N6O/c1-5-16-17(25(3)4)13-21-18(24-16)20(27)23-15-11-14(2)19(22-12-15)26-9-7-6-8-10-26/h1,11-13H,6-10H2,2-4H3,(H,23,27). The first-order valence-electron chi connectivity index (χ1n) is 9.03. The highest BCUT2D eigenvalue weighted by atomic mass is 16.2. The largest absolute Gasteiger partial charge is 0.374 e. The van der Waals surface area contributed by atoms with Gasteiger partial charge in [0.15, 0.2) is 0 Å². The van der Waals surface area contributed by atoms with Crippen molar-refractivity contribution >= 4 is 23.1 Å².